The Hall–Kier alpha value is -2.62. The van der Waals surface area contributed by atoms with Gasteiger partial charge in [-0.05, 0) is 37.1 Å². The second kappa shape index (κ2) is 7.41. The van der Waals surface area contributed by atoms with Gasteiger partial charge in [0.2, 0.25) is 0 Å². The Balaban J connectivity index is 2.06. The monoisotopic (exact) mass is 299 g/mol. The third-order valence-corrected chi connectivity index (χ3v) is 3.14. The number of hydrogen-bond donors (Lipinski definition) is 1. The molecular formula is C18H18FNO2. The van der Waals surface area contributed by atoms with Crippen molar-refractivity contribution in [2.75, 3.05) is 5.32 Å². The predicted molar refractivity (Wildman–Crippen MR) is 85.5 cm³/mol. The molecule has 22 heavy (non-hydrogen) atoms. The van der Waals surface area contributed by atoms with Crippen molar-refractivity contribution in [3.8, 4) is 5.75 Å². The highest BCUT2D eigenvalue weighted by Gasteiger charge is 2.17. The van der Waals surface area contributed by atoms with Crippen LogP contribution >= 0.6 is 0 Å². The molecule has 1 amide bonds. The topological polar surface area (TPSA) is 38.3 Å². The van der Waals surface area contributed by atoms with Crippen LogP contribution in [0, 0.1) is 5.82 Å². The molecule has 1 atom stereocenters. The fourth-order valence-corrected chi connectivity index (χ4v) is 1.98. The summed E-state index contributed by atoms with van der Waals surface area (Å²) >= 11 is 0. The number of para-hydroxylation sites is 2. The molecule has 0 spiro atoms. The zero-order valence-corrected chi connectivity index (χ0v) is 12.4. The summed E-state index contributed by atoms with van der Waals surface area (Å²) in [5.41, 5.74) is 1.09. The first kappa shape index (κ1) is 15.8. The van der Waals surface area contributed by atoms with E-state index in [2.05, 4.69) is 11.9 Å². The number of allylic oxidation sites excluding steroid dienone is 1. The standard InChI is InChI=1S/C18H18FNO2/c1-3-8-14-9-4-7-12-17(14)22-13(2)18(21)20-16-11-6-5-10-15(16)19/h3-7,9-13H,1,8H2,2H3,(H,20,21)/t13-/m1/s1. The number of benzene rings is 2. The number of anilines is 1. The van der Waals surface area contributed by atoms with E-state index in [1.54, 1.807) is 31.2 Å². The normalized spacial score (nSPS) is 11.5. The Morgan fingerprint density at radius 1 is 1.27 bits per heavy atom. The van der Waals surface area contributed by atoms with Gasteiger partial charge in [-0.3, -0.25) is 4.79 Å². The van der Waals surface area contributed by atoms with Gasteiger partial charge in [-0.15, -0.1) is 6.58 Å². The van der Waals surface area contributed by atoms with Crippen LogP contribution in [0.15, 0.2) is 61.2 Å². The summed E-state index contributed by atoms with van der Waals surface area (Å²) in [7, 11) is 0. The number of ether oxygens (including phenoxy) is 1. The van der Waals surface area contributed by atoms with E-state index in [0.717, 1.165) is 5.56 Å². The van der Waals surface area contributed by atoms with Crippen LogP contribution in [0.1, 0.15) is 12.5 Å². The van der Waals surface area contributed by atoms with E-state index >= 15 is 0 Å². The third-order valence-electron chi connectivity index (χ3n) is 3.14. The number of hydrogen-bond acceptors (Lipinski definition) is 2. The van der Waals surface area contributed by atoms with E-state index in [9.17, 15) is 9.18 Å². The maximum atomic E-state index is 13.5. The summed E-state index contributed by atoms with van der Waals surface area (Å²) in [6.45, 7) is 5.33. The van der Waals surface area contributed by atoms with E-state index in [0.29, 0.717) is 12.2 Å². The van der Waals surface area contributed by atoms with Gasteiger partial charge in [0.05, 0.1) is 5.69 Å². The zero-order chi connectivity index (χ0) is 15.9. The molecule has 0 aliphatic heterocycles. The number of nitrogens with one attached hydrogen (secondary N) is 1. The lowest BCUT2D eigenvalue weighted by Gasteiger charge is -2.17. The minimum absolute atomic E-state index is 0.141. The number of amides is 1. The summed E-state index contributed by atoms with van der Waals surface area (Å²) in [5.74, 6) is -0.257. The minimum Gasteiger partial charge on any atom is -0.481 e. The molecule has 0 saturated heterocycles. The Labute approximate surface area is 129 Å². The van der Waals surface area contributed by atoms with Crippen LogP contribution in [-0.4, -0.2) is 12.0 Å². The third kappa shape index (κ3) is 3.95. The van der Waals surface area contributed by atoms with Crippen molar-refractivity contribution in [2.45, 2.75) is 19.4 Å². The van der Waals surface area contributed by atoms with Crippen LogP contribution in [-0.2, 0) is 11.2 Å². The average molecular weight is 299 g/mol. The lowest BCUT2D eigenvalue weighted by molar-refractivity contribution is -0.122. The molecular weight excluding hydrogens is 281 g/mol. The van der Waals surface area contributed by atoms with Crippen molar-refractivity contribution in [3.05, 3.63) is 72.6 Å². The summed E-state index contributed by atoms with van der Waals surface area (Å²) in [4.78, 5) is 12.1. The highest BCUT2D eigenvalue weighted by molar-refractivity contribution is 5.94. The smallest absolute Gasteiger partial charge is 0.265 e. The van der Waals surface area contributed by atoms with Crippen molar-refractivity contribution >= 4 is 11.6 Å². The van der Waals surface area contributed by atoms with Gasteiger partial charge in [-0.25, -0.2) is 4.39 Å². The van der Waals surface area contributed by atoms with Crippen molar-refractivity contribution in [3.63, 3.8) is 0 Å². The molecule has 3 nitrogen and oxygen atoms in total. The second-order valence-corrected chi connectivity index (χ2v) is 4.83. The quantitative estimate of drug-likeness (QED) is 0.820. The van der Waals surface area contributed by atoms with E-state index in [1.807, 2.05) is 18.2 Å². The lowest BCUT2D eigenvalue weighted by atomic mass is 10.1. The first-order valence-corrected chi connectivity index (χ1v) is 7.02. The van der Waals surface area contributed by atoms with Crippen LogP contribution in [0.4, 0.5) is 10.1 Å². The molecule has 0 aromatic heterocycles. The Bertz CT molecular complexity index is 670. The van der Waals surface area contributed by atoms with E-state index in [4.69, 9.17) is 4.74 Å². The number of carbonyl (C=O) groups is 1. The van der Waals surface area contributed by atoms with E-state index < -0.39 is 17.8 Å². The molecule has 0 fully saturated rings. The largest absolute Gasteiger partial charge is 0.481 e. The van der Waals surface area contributed by atoms with Crippen molar-refractivity contribution in [1.82, 2.24) is 0 Å². The molecule has 0 saturated carbocycles. The van der Waals surface area contributed by atoms with Crippen LogP contribution in [0.3, 0.4) is 0 Å². The molecule has 2 aromatic carbocycles. The van der Waals surface area contributed by atoms with Gasteiger partial charge in [0, 0.05) is 0 Å². The Kier molecular flexibility index (Phi) is 5.31. The number of rotatable bonds is 6. The van der Waals surface area contributed by atoms with Gasteiger partial charge < -0.3 is 10.1 Å². The van der Waals surface area contributed by atoms with Crippen molar-refractivity contribution in [2.24, 2.45) is 0 Å². The molecule has 114 valence electrons. The lowest BCUT2D eigenvalue weighted by Crippen LogP contribution is -2.30. The zero-order valence-electron chi connectivity index (χ0n) is 12.4. The van der Waals surface area contributed by atoms with Crippen LogP contribution in [0.5, 0.6) is 5.75 Å². The molecule has 0 unspecified atom stereocenters. The Morgan fingerprint density at radius 2 is 1.95 bits per heavy atom. The van der Waals surface area contributed by atoms with Crippen molar-refractivity contribution in [1.29, 1.82) is 0 Å². The summed E-state index contributed by atoms with van der Waals surface area (Å²) in [6.07, 6.45) is 1.68. The molecule has 4 heteroatoms. The van der Waals surface area contributed by atoms with Gasteiger partial charge in [0.1, 0.15) is 11.6 Å². The SMILES string of the molecule is C=CCc1ccccc1O[C@H](C)C(=O)Nc1ccccc1F. The van der Waals surface area contributed by atoms with Crippen LogP contribution < -0.4 is 10.1 Å². The van der Waals surface area contributed by atoms with E-state index in [-0.39, 0.29) is 5.69 Å². The molecule has 0 heterocycles. The van der Waals surface area contributed by atoms with Crippen LogP contribution in [0.25, 0.3) is 0 Å². The second-order valence-electron chi connectivity index (χ2n) is 4.83. The van der Waals surface area contributed by atoms with Crippen molar-refractivity contribution < 1.29 is 13.9 Å². The van der Waals surface area contributed by atoms with Gasteiger partial charge in [-0.1, -0.05) is 36.4 Å². The first-order chi connectivity index (χ1) is 10.6. The molecule has 0 bridgehead atoms. The highest BCUT2D eigenvalue weighted by atomic mass is 19.1. The predicted octanol–water partition coefficient (Wildman–Crippen LogP) is 3.96. The fourth-order valence-electron chi connectivity index (χ4n) is 1.98. The van der Waals surface area contributed by atoms with Gasteiger partial charge in [0.25, 0.3) is 5.91 Å². The first-order valence-electron chi connectivity index (χ1n) is 7.02. The molecule has 2 aromatic rings. The molecule has 0 aliphatic carbocycles. The summed E-state index contributed by atoms with van der Waals surface area (Å²) in [6, 6.07) is 13.5. The maximum Gasteiger partial charge on any atom is 0.265 e. The minimum atomic E-state index is -0.745. The molecule has 2 rings (SSSR count). The molecule has 0 radical (unpaired) electrons. The highest BCUT2D eigenvalue weighted by Crippen LogP contribution is 2.21. The van der Waals surface area contributed by atoms with Gasteiger partial charge in [0.15, 0.2) is 6.10 Å². The van der Waals surface area contributed by atoms with Gasteiger partial charge in [-0.2, -0.15) is 0 Å². The number of carbonyl (C=O) groups excluding carboxylic acids is 1. The Morgan fingerprint density at radius 3 is 2.68 bits per heavy atom. The molecule has 1 N–H and O–H groups in total. The maximum absolute atomic E-state index is 13.5. The van der Waals surface area contributed by atoms with Gasteiger partial charge >= 0.3 is 0 Å². The van der Waals surface area contributed by atoms with Crippen LogP contribution in [0.2, 0.25) is 0 Å². The summed E-state index contributed by atoms with van der Waals surface area (Å²) < 4.78 is 19.2. The fraction of sp³-hybridized carbons (Fsp3) is 0.167. The summed E-state index contributed by atoms with van der Waals surface area (Å²) in [5, 5.41) is 2.52. The number of halogens is 1. The molecule has 0 aliphatic rings. The average Bonchev–Trinajstić information content (AvgIpc) is 2.51. The van der Waals surface area contributed by atoms with E-state index in [1.165, 1.54) is 12.1 Å².